The number of benzene rings is 4. The first-order valence-corrected chi connectivity index (χ1v) is 45.2. The van der Waals surface area contributed by atoms with E-state index in [9.17, 15) is 43.3 Å². The Bertz CT molecular complexity index is 6960. The minimum absolute atomic E-state index is 0.00880. The van der Waals surface area contributed by atoms with Crippen molar-refractivity contribution in [2.24, 2.45) is 0 Å². The third-order valence-electron chi connectivity index (χ3n) is 18.9. The fourth-order valence-corrected chi connectivity index (χ4v) is 16.1. The number of aryl methyl sites for hydroxylation is 2. The Morgan fingerprint density at radius 3 is 1.28 bits per heavy atom. The number of nitrogens with one attached hydrogen (secondary N) is 1. The molecule has 2 saturated carbocycles. The molecule has 12 heterocycles. The van der Waals surface area contributed by atoms with Crippen LogP contribution in [0.15, 0.2) is 266 Å². The maximum Gasteiger partial charge on any atom is 0.490 e. The highest BCUT2D eigenvalue weighted by atomic mass is 79.9. The van der Waals surface area contributed by atoms with Gasteiger partial charge in [0.25, 0.3) is 0 Å². The monoisotopic (exact) mass is 1740 g/mol. The van der Waals surface area contributed by atoms with Gasteiger partial charge in [-0.1, -0.05) is 119 Å². The van der Waals surface area contributed by atoms with Gasteiger partial charge in [0.2, 0.25) is 0 Å². The van der Waals surface area contributed by atoms with Crippen LogP contribution in [-0.4, -0.2) is 144 Å². The Kier molecular flexibility index (Phi) is 24.5. The van der Waals surface area contributed by atoms with Crippen LogP contribution in [0.3, 0.4) is 0 Å². The quantitative estimate of drug-likeness (QED) is 0.0713. The van der Waals surface area contributed by atoms with E-state index in [2.05, 4.69) is 93.8 Å². The standard InChI is InChI=1S/C25H21N5O3S.C16H13BrN2O2S.C16H14N2O2S.C10H8BrN.C9H9N3O.C6H8BNO4S/c1-34(32,33)23-9-6-17(13-28-23)24-19-5-3-2-4-16(19)12-27-20(24)15-29-22-14-26-11-10-21(22)30(25(29)31)18-7-8-18;1-22(20,21)15-7-6-12(10-19-15)16-13-5-3-2-4-11(13)9-18-14(16)8-17;1-11-16(14-6-4-3-5-12(14)9-17-11)13-7-8-15(18-10-13)21(2,19)20;1-7-10(11)9-5-3-2-4-8(9)6-12-7;13-9-11-7-5-10-4-3-8(7)12(9)6-1-2-6;1-13(11,12)6-3-2-5(4-8-6)7(9)10/h2-6,9-14,18H,7-8,15H2,1H3;2-7,9-10H,8H2,1H3;3-10H,1-2H3;2-6H,1H3;3-6H,1-2H2,(H,11,13);2-4,9-10H,1H3. The van der Waals surface area contributed by atoms with Crippen molar-refractivity contribution in [2.75, 3.05) is 25.0 Å². The predicted molar refractivity (Wildman–Crippen MR) is 453 cm³/mol. The van der Waals surface area contributed by atoms with Crippen LogP contribution in [0.1, 0.15) is 60.5 Å². The minimum Gasteiger partial charge on any atom is -0.423 e. The Morgan fingerprint density at radius 2 is 0.826 bits per heavy atom. The zero-order valence-electron chi connectivity index (χ0n) is 62.6. The maximum atomic E-state index is 13.4. The summed E-state index contributed by atoms with van der Waals surface area (Å²) in [6.45, 7) is 4.19. The molecule has 0 unspecified atom stereocenters. The van der Waals surface area contributed by atoms with E-state index in [-0.39, 0.29) is 49.5 Å². The lowest BCUT2D eigenvalue weighted by molar-refractivity contribution is 0.425. The maximum absolute atomic E-state index is 13.4. The molecule has 4 aromatic carbocycles. The van der Waals surface area contributed by atoms with E-state index < -0.39 is 46.5 Å². The van der Waals surface area contributed by atoms with Gasteiger partial charge in [0, 0.05) is 175 Å². The second kappa shape index (κ2) is 34.4. The molecule has 3 N–H and O–H groups in total. The Labute approximate surface area is 678 Å². The van der Waals surface area contributed by atoms with Gasteiger partial charge in [0.1, 0.15) is 0 Å². The lowest BCUT2D eigenvalue weighted by Crippen LogP contribution is -2.30. The van der Waals surface area contributed by atoms with Gasteiger partial charge in [-0.05, 0) is 132 Å². The number of rotatable bonds is 13. The molecule has 0 amide bonds. The van der Waals surface area contributed by atoms with E-state index in [0.717, 1.165) is 166 Å². The minimum atomic E-state index is -3.41. The van der Waals surface area contributed by atoms with Crippen molar-refractivity contribution in [1.29, 1.82) is 0 Å². The van der Waals surface area contributed by atoms with Crippen molar-refractivity contribution in [3.8, 4) is 33.4 Å². The highest BCUT2D eigenvalue weighted by molar-refractivity contribution is 9.10. The van der Waals surface area contributed by atoms with Gasteiger partial charge in [-0.2, -0.15) is 0 Å². The number of hydrogen-bond acceptors (Lipinski definition) is 22. The SMILES string of the molecule is CS(=O)(=O)c1ccc(-c2c(CBr)ncc3ccccc23)cn1.CS(=O)(=O)c1ccc(-c2c(Cn3c(=O)n(C4CC4)c4ccncc43)ncc3ccccc23)cn1.CS(=O)(=O)c1ccc(B(O)O)cn1.Cc1ncc2ccccc2c1-c1ccc(S(C)(=O)=O)nc1.Cc1ncc2ccccc2c1Br.O=c1[nH]c2cnccc2n1C1CC1. The van der Waals surface area contributed by atoms with Crippen molar-refractivity contribution in [1.82, 2.24) is 68.5 Å². The molecule has 0 radical (unpaired) electrons. The van der Waals surface area contributed by atoms with E-state index >= 15 is 0 Å². The first kappa shape index (κ1) is 81.7. The molecular formula is C82H73BBr2N14O12S4. The van der Waals surface area contributed by atoms with E-state index in [1.807, 2.05) is 139 Å². The molecule has 2 aliphatic rings. The summed E-state index contributed by atoms with van der Waals surface area (Å²) in [7, 11) is -14.9. The molecule has 26 nitrogen and oxygen atoms in total. The molecule has 16 aromatic rings. The molecule has 0 atom stereocenters. The van der Waals surface area contributed by atoms with E-state index in [1.54, 1.807) is 72.3 Å². The smallest absolute Gasteiger partial charge is 0.423 e. The number of halogens is 2. The summed E-state index contributed by atoms with van der Waals surface area (Å²) in [5.41, 5.74) is 12.3. The molecule has 0 bridgehead atoms. The van der Waals surface area contributed by atoms with Gasteiger partial charge >= 0.3 is 18.5 Å². The average Bonchev–Trinajstić information content (AvgIpc) is 1.60. The van der Waals surface area contributed by atoms with Crippen LogP contribution >= 0.6 is 31.9 Å². The van der Waals surface area contributed by atoms with Crippen LogP contribution in [0.4, 0.5) is 0 Å². The predicted octanol–water partition coefficient (Wildman–Crippen LogP) is 12.7. The van der Waals surface area contributed by atoms with Crippen molar-refractivity contribution in [2.45, 2.75) is 83.6 Å². The number of pyridine rings is 10. The second-order valence-electron chi connectivity index (χ2n) is 27.3. The molecule has 115 heavy (non-hydrogen) atoms. The molecular weight excluding hydrogens is 1670 g/mol. The zero-order chi connectivity index (χ0) is 81.7. The number of aromatic amines is 1. The van der Waals surface area contributed by atoms with Crippen LogP contribution in [0, 0.1) is 13.8 Å². The Hall–Kier alpha value is -11.3. The Morgan fingerprint density at radius 1 is 0.426 bits per heavy atom. The normalized spacial score (nSPS) is 12.8. The average molecular weight is 1750 g/mol. The summed E-state index contributed by atoms with van der Waals surface area (Å²) in [6, 6.07) is 48.8. The lowest BCUT2D eigenvalue weighted by Gasteiger charge is -2.13. The van der Waals surface area contributed by atoms with Crippen molar-refractivity contribution in [3.05, 3.63) is 280 Å². The van der Waals surface area contributed by atoms with Crippen molar-refractivity contribution >= 4 is 149 Å². The molecule has 0 spiro atoms. The summed E-state index contributed by atoms with van der Waals surface area (Å²) in [5, 5.41) is 26.6. The fourth-order valence-electron chi connectivity index (χ4n) is 12.9. The van der Waals surface area contributed by atoms with Gasteiger partial charge < -0.3 is 15.0 Å². The molecule has 0 aliphatic heterocycles. The molecule has 584 valence electrons. The van der Waals surface area contributed by atoms with Gasteiger partial charge in [0.05, 0.1) is 58.1 Å². The van der Waals surface area contributed by atoms with Gasteiger partial charge in [-0.15, -0.1) is 0 Å². The third kappa shape index (κ3) is 18.9. The summed E-state index contributed by atoms with van der Waals surface area (Å²) in [6.07, 6.45) is 28.8. The first-order valence-electron chi connectivity index (χ1n) is 35.7. The molecule has 2 aliphatic carbocycles. The number of fused-ring (bicyclic) bond motifs is 6. The molecule has 0 saturated heterocycles. The van der Waals surface area contributed by atoms with Gasteiger partial charge in [0.15, 0.2) is 59.5 Å². The molecule has 33 heteroatoms. The summed E-state index contributed by atoms with van der Waals surface area (Å²) in [4.78, 5) is 69.7. The van der Waals surface area contributed by atoms with E-state index in [1.165, 1.54) is 41.1 Å². The molecule has 18 rings (SSSR count). The van der Waals surface area contributed by atoms with Crippen LogP contribution in [-0.2, 0) is 51.2 Å². The van der Waals surface area contributed by atoms with Gasteiger partial charge in [-0.25, -0.2) is 63.2 Å². The highest BCUT2D eigenvalue weighted by Crippen LogP contribution is 2.39. The van der Waals surface area contributed by atoms with Crippen LogP contribution in [0.25, 0.3) is 98.5 Å². The number of H-pyrrole nitrogens is 1. The number of alkyl halides is 1. The zero-order valence-corrected chi connectivity index (χ0v) is 69.0. The number of sulfone groups is 4. The fraction of sp³-hybridized carbons (Fsp3) is 0.171. The highest BCUT2D eigenvalue weighted by Gasteiger charge is 2.30. The van der Waals surface area contributed by atoms with E-state index in [4.69, 9.17) is 15.0 Å². The second-order valence-corrected chi connectivity index (χ2v) is 36.5. The third-order valence-corrected chi connectivity index (χ3v) is 24.4. The Balaban J connectivity index is 0.000000126. The summed E-state index contributed by atoms with van der Waals surface area (Å²) in [5.74, 6) is 0. The summed E-state index contributed by atoms with van der Waals surface area (Å²) >= 11 is 6.98. The topological polar surface area (TPSA) is 371 Å². The van der Waals surface area contributed by atoms with Crippen LogP contribution < -0.4 is 16.8 Å². The van der Waals surface area contributed by atoms with E-state index in [0.29, 0.717) is 17.1 Å². The molecule has 2 fully saturated rings. The lowest BCUT2D eigenvalue weighted by atomic mass is 9.82. The number of nitrogens with zero attached hydrogens (tertiary/aromatic N) is 13. The number of imidazole rings is 2. The molecule has 12 aromatic heterocycles. The van der Waals surface area contributed by atoms with Gasteiger partial charge in [-0.3, -0.25) is 43.6 Å². The largest absolute Gasteiger partial charge is 0.490 e. The first-order chi connectivity index (χ1) is 54.9. The number of aromatic nitrogens is 14. The summed E-state index contributed by atoms with van der Waals surface area (Å²) < 4.78 is 98.2. The number of hydrogen-bond donors (Lipinski definition) is 3. The van der Waals surface area contributed by atoms with Crippen LogP contribution in [0.5, 0.6) is 0 Å². The van der Waals surface area contributed by atoms with Crippen LogP contribution in [0.2, 0.25) is 0 Å². The van der Waals surface area contributed by atoms with Crippen molar-refractivity contribution in [3.63, 3.8) is 0 Å². The van der Waals surface area contributed by atoms with Crippen molar-refractivity contribution < 1.29 is 43.7 Å².